The van der Waals surface area contributed by atoms with Crippen molar-refractivity contribution in [2.24, 2.45) is 5.73 Å². The zero-order chi connectivity index (χ0) is 13.8. The predicted octanol–water partition coefficient (Wildman–Crippen LogP) is 3.16. The van der Waals surface area contributed by atoms with E-state index in [1.165, 1.54) is 0 Å². The number of aliphatic hydroxyl groups excluding tert-OH is 1. The average Bonchev–Trinajstić information content (AvgIpc) is 2.43. The highest BCUT2D eigenvalue weighted by Crippen LogP contribution is 2.35. The SMILES string of the molecule is NCC(c1ccncc1)C(O)c1cc(Cl)ccc1Cl. The van der Waals surface area contributed by atoms with E-state index in [0.717, 1.165) is 5.56 Å². The van der Waals surface area contributed by atoms with Crippen molar-refractivity contribution in [1.82, 2.24) is 4.98 Å². The average molecular weight is 297 g/mol. The molecule has 100 valence electrons. The first-order valence-corrected chi connectivity index (χ1v) is 6.62. The summed E-state index contributed by atoms with van der Waals surface area (Å²) in [5.41, 5.74) is 7.28. The number of hydrogen-bond acceptors (Lipinski definition) is 3. The van der Waals surface area contributed by atoms with Gasteiger partial charge in [0.1, 0.15) is 0 Å². The van der Waals surface area contributed by atoms with Gasteiger partial charge in [-0.15, -0.1) is 0 Å². The molecule has 2 rings (SSSR count). The van der Waals surface area contributed by atoms with Crippen LogP contribution in [0.15, 0.2) is 42.7 Å². The van der Waals surface area contributed by atoms with Gasteiger partial charge >= 0.3 is 0 Å². The molecule has 1 heterocycles. The zero-order valence-electron chi connectivity index (χ0n) is 10.1. The van der Waals surface area contributed by atoms with Gasteiger partial charge in [-0.2, -0.15) is 0 Å². The number of nitrogens with two attached hydrogens (primary N) is 1. The second-order valence-corrected chi connectivity index (χ2v) is 5.08. The van der Waals surface area contributed by atoms with Crippen molar-refractivity contribution in [2.45, 2.75) is 12.0 Å². The van der Waals surface area contributed by atoms with Gasteiger partial charge in [0, 0.05) is 40.5 Å². The first-order chi connectivity index (χ1) is 9.13. The summed E-state index contributed by atoms with van der Waals surface area (Å²) in [6, 6.07) is 8.68. The monoisotopic (exact) mass is 296 g/mol. The minimum absolute atomic E-state index is 0.251. The lowest BCUT2D eigenvalue weighted by Crippen LogP contribution is -2.20. The molecular weight excluding hydrogens is 283 g/mol. The van der Waals surface area contributed by atoms with E-state index in [2.05, 4.69) is 4.98 Å². The fourth-order valence-corrected chi connectivity index (χ4v) is 2.43. The molecule has 5 heteroatoms. The largest absolute Gasteiger partial charge is 0.388 e. The van der Waals surface area contributed by atoms with Gasteiger partial charge in [-0.05, 0) is 35.9 Å². The summed E-state index contributed by atoms with van der Waals surface area (Å²) in [5, 5.41) is 11.5. The third-order valence-corrected chi connectivity index (χ3v) is 3.63. The lowest BCUT2D eigenvalue weighted by molar-refractivity contribution is 0.147. The Labute approximate surface area is 122 Å². The molecule has 0 bridgehead atoms. The molecule has 0 aliphatic carbocycles. The molecule has 0 spiro atoms. The molecule has 2 unspecified atom stereocenters. The summed E-state index contributed by atoms with van der Waals surface area (Å²) in [4.78, 5) is 3.96. The van der Waals surface area contributed by atoms with Crippen LogP contribution >= 0.6 is 23.2 Å². The van der Waals surface area contributed by atoms with Crippen LogP contribution in [0.25, 0.3) is 0 Å². The van der Waals surface area contributed by atoms with Crippen LogP contribution in [0.3, 0.4) is 0 Å². The summed E-state index contributed by atoms with van der Waals surface area (Å²) in [7, 11) is 0. The van der Waals surface area contributed by atoms with Gasteiger partial charge in [-0.3, -0.25) is 4.98 Å². The quantitative estimate of drug-likeness (QED) is 0.911. The summed E-state index contributed by atoms with van der Waals surface area (Å²) in [6.45, 7) is 0.300. The summed E-state index contributed by atoms with van der Waals surface area (Å²) in [5.74, 6) is -0.251. The van der Waals surface area contributed by atoms with E-state index in [4.69, 9.17) is 28.9 Å². The van der Waals surface area contributed by atoms with Crippen molar-refractivity contribution in [3.05, 3.63) is 63.9 Å². The smallest absolute Gasteiger partial charge is 0.0885 e. The van der Waals surface area contributed by atoms with Crippen molar-refractivity contribution in [3.63, 3.8) is 0 Å². The lowest BCUT2D eigenvalue weighted by atomic mass is 9.90. The molecule has 2 atom stereocenters. The molecule has 0 saturated carbocycles. The number of aliphatic hydroxyl groups is 1. The molecular formula is C14H14Cl2N2O. The normalized spacial score (nSPS) is 14.1. The van der Waals surface area contributed by atoms with E-state index in [1.54, 1.807) is 30.6 Å². The van der Waals surface area contributed by atoms with Gasteiger partial charge in [0.2, 0.25) is 0 Å². The third-order valence-electron chi connectivity index (χ3n) is 3.05. The molecule has 0 saturated heterocycles. The highest BCUT2D eigenvalue weighted by Gasteiger charge is 2.23. The first-order valence-electron chi connectivity index (χ1n) is 5.86. The molecule has 0 aliphatic rings. The van der Waals surface area contributed by atoms with Crippen molar-refractivity contribution in [2.75, 3.05) is 6.54 Å². The standard InChI is InChI=1S/C14H14Cl2N2O/c15-10-1-2-13(16)11(7-10)14(19)12(8-17)9-3-5-18-6-4-9/h1-7,12,14,19H,8,17H2. The van der Waals surface area contributed by atoms with E-state index < -0.39 is 6.10 Å². The molecule has 1 aromatic carbocycles. The number of halogens is 2. The highest BCUT2D eigenvalue weighted by molar-refractivity contribution is 6.33. The van der Waals surface area contributed by atoms with E-state index in [0.29, 0.717) is 22.2 Å². The first kappa shape index (κ1) is 14.3. The molecule has 2 aromatic rings. The summed E-state index contributed by atoms with van der Waals surface area (Å²) >= 11 is 12.1. The zero-order valence-corrected chi connectivity index (χ0v) is 11.6. The molecule has 0 aliphatic heterocycles. The Morgan fingerprint density at radius 2 is 1.84 bits per heavy atom. The number of rotatable bonds is 4. The van der Waals surface area contributed by atoms with Gasteiger partial charge in [0.15, 0.2) is 0 Å². The number of nitrogens with zero attached hydrogens (tertiary/aromatic N) is 1. The maximum Gasteiger partial charge on any atom is 0.0885 e. The Kier molecular flexibility index (Phi) is 4.77. The number of benzene rings is 1. The van der Waals surface area contributed by atoms with Crippen LogP contribution in [0.2, 0.25) is 10.0 Å². The summed E-state index contributed by atoms with van der Waals surface area (Å²) < 4.78 is 0. The van der Waals surface area contributed by atoms with E-state index in [1.807, 2.05) is 12.1 Å². The maximum atomic E-state index is 10.5. The van der Waals surface area contributed by atoms with Crippen LogP contribution in [-0.4, -0.2) is 16.6 Å². The van der Waals surface area contributed by atoms with E-state index in [9.17, 15) is 5.11 Å². The Bertz CT molecular complexity index is 548. The Hall–Kier alpha value is -1.13. The van der Waals surface area contributed by atoms with Crippen LogP contribution in [0.4, 0.5) is 0 Å². The Morgan fingerprint density at radius 1 is 1.16 bits per heavy atom. The van der Waals surface area contributed by atoms with Gasteiger partial charge in [-0.1, -0.05) is 23.2 Å². The fraction of sp³-hybridized carbons (Fsp3) is 0.214. The lowest BCUT2D eigenvalue weighted by Gasteiger charge is -2.23. The minimum atomic E-state index is -0.807. The van der Waals surface area contributed by atoms with Gasteiger partial charge in [0.25, 0.3) is 0 Å². The minimum Gasteiger partial charge on any atom is -0.388 e. The Morgan fingerprint density at radius 3 is 2.47 bits per heavy atom. The van der Waals surface area contributed by atoms with Gasteiger partial charge < -0.3 is 10.8 Å². The van der Waals surface area contributed by atoms with Crippen molar-refractivity contribution >= 4 is 23.2 Å². The molecule has 0 amide bonds. The number of pyridine rings is 1. The van der Waals surface area contributed by atoms with Gasteiger partial charge in [0.05, 0.1) is 6.10 Å². The second kappa shape index (κ2) is 6.35. The molecule has 0 radical (unpaired) electrons. The second-order valence-electron chi connectivity index (χ2n) is 4.23. The van der Waals surface area contributed by atoms with E-state index in [-0.39, 0.29) is 5.92 Å². The Balaban J connectivity index is 2.36. The van der Waals surface area contributed by atoms with Gasteiger partial charge in [-0.25, -0.2) is 0 Å². The molecule has 3 nitrogen and oxygen atoms in total. The topological polar surface area (TPSA) is 59.1 Å². The van der Waals surface area contributed by atoms with Crippen LogP contribution in [0.5, 0.6) is 0 Å². The molecule has 1 aromatic heterocycles. The van der Waals surface area contributed by atoms with Crippen molar-refractivity contribution in [3.8, 4) is 0 Å². The van der Waals surface area contributed by atoms with Crippen molar-refractivity contribution < 1.29 is 5.11 Å². The predicted molar refractivity (Wildman–Crippen MR) is 77.5 cm³/mol. The molecule has 0 fully saturated rings. The van der Waals surface area contributed by atoms with Crippen LogP contribution in [0, 0.1) is 0 Å². The van der Waals surface area contributed by atoms with Crippen molar-refractivity contribution in [1.29, 1.82) is 0 Å². The van der Waals surface area contributed by atoms with E-state index >= 15 is 0 Å². The number of aromatic nitrogens is 1. The van der Waals surface area contributed by atoms with Crippen LogP contribution in [-0.2, 0) is 0 Å². The molecule has 3 N–H and O–H groups in total. The third kappa shape index (κ3) is 3.25. The highest BCUT2D eigenvalue weighted by atomic mass is 35.5. The van der Waals surface area contributed by atoms with Crippen LogP contribution in [0.1, 0.15) is 23.1 Å². The van der Waals surface area contributed by atoms with Crippen LogP contribution < -0.4 is 5.73 Å². The number of hydrogen-bond donors (Lipinski definition) is 2. The molecule has 19 heavy (non-hydrogen) atoms. The summed E-state index contributed by atoms with van der Waals surface area (Å²) in [6.07, 6.45) is 2.53. The maximum absolute atomic E-state index is 10.5. The fourth-order valence-electron chi connectivity index (χ4n) is 2.02.